The Kier molecular flexibility index (Phi) is 29.2. The van der Waals surface area contributed by atoms with Crippen LogP contribution in [0, 0.1) is 0 Å². The number of allylic oxidation sites excluding steroid dienone is 10. The van der Waals surface area contributed by atoms with Crippen molar-refractivity contribution in [1.29, 1.82) is 0 Å². The van der Waals surface area contributed by atoms with Crippen molar-refractivity contribution in [1.82, 2.24) is 0 Å². The molecule has 252 valence electrons. The van der Waals surface area contributed by atoms with Gasteiger partial charge in [-0.25, -0.2) is 4.57 Å². The Balaban J connectivity index is 4.16. The van der Waals surface area contributed by atoms with Crippen molar-refractivity contribution in [2.45, 2.75) is 136 Å². The van der Waals surface area contributed by atoms with Crippen LogP contribution in [-0.4, -0.2) is 41.0 Å². The van der Waals surface area contributed by atoms with Crippen molar-refractivity contribution in [3.05, 3.63) is 60.8 Å². The molecular formula is C35H59O8P. The van der Waals surface area contributed by atoms with E-state index < -0.39 is 32.5 Å². The fourth-order valence-corrected chi connectivity index (χ4v) is 4.49. The van der Waals surface area contributed by atoms with E-state index in [1.807, 2.05) is 30.4 Å². The van der Waals surface area contributed by atoms with Crippen LogP contribution in [0.2, 0.25) is 0 Å². The molecule has 0 aliphatic rings. The molecular weight excluding hydrogens is 579 g/mol. The number of phosphoric acid groups is 1. The molecule has 0 bridgehead atoms. The molecule has 1 atom stereocenters. The zero-order valence-electron chi connectivity index (χ0n) is 27.3. The fraction of sp³-hybridized carbons (Fsp3) is 0.657. The van der Waals surface area contributed by atoms with Gasteiger partial charge in [0.05, 0.1) is 6.61 Å². The molecule has 0 aromatic heterocycles. The molecule has 44 heavy (non-hydrogen) atoms. The van der Waals surface area contributed by atoms with E-state index in [1.54, 1.807) is 0 Å². The molecule has 8 nitrogen and oxygen atoms in total. The molecule has 0 saturated heterocycles. The predicted octanol–water partition coefficient (Wildman–Crippen LogP) is 9.39. The molecule has 0 rings (SSSR count). The molecule has 0 aromatic carbocycles. The average Bonchev–Trinajstić information content (AvgIpc) is 2.98. The van der Waals surface area contributed by atoms with Crippen LogP contribution >= 0.6 is 7.82 Å². The minimum Gasteiger partial charge on any atom is -0.462 e. The number of unbranched alkanes of at least 4 members (excludes halogenated alkanes) is 11. The topological polar surface area (TPSA) is 119 Å². The first-order valence-corrected chi connectivity index (χ1v) is 18.1. The molecule has 0 aliphatic heterocycles. The maximum absolute atomic E-state index is 12.3. The van der Waals surface area contributed by atoms with Gasteiger partial charge in [0.1, 0.15) is 6.61 Å². The van der Waals surface area contributed by atoms with E-state index in [4.69, 9.17) is 19.3 Å². The number of hydrogen-bond acceptors (Lipinski definition) is 6. The summed E-state index contributed by atoms with van der Waals surface area (Å²) in [5.41, 5.74) is 0. The first-order valence-electron chi connectivity index (χ1n) is 16.6. The van der Waals surface area contributed by atoms with Crippen molar-refractivity contribution < 1.29 is 37.9 Å². The van der Waals surface area contributed by atoms with Crippen LogP contribution in [0.15, 0.2) is 60.8 Å². The van der Waals surface area contributed by atoms with Gasteiger partial charge in [-0.05, 0) is 51.4 Å². The number of phosphoric ester groups is 1. The minimum atomic E-state index is -4.76. The second kappa shape index (κ2) is 30.8. The van der Waals surface area contributed by atoms with Crippen LogP contribution in [0.3, 0.4) is 0 Å². The largest absolute Gasteiger partial charge is 0.469 e. The van der Waals surface area contributed by atoms with E-state index in [0.29, 0.717) is 12.8 Å². The van der Waals surface area contributed by atoms with E-state index in [1.165, 1.54) is 38.5 Å². The molecule has 0 heterocycles. The highest BCUT2D eigenvalue weighted by Gasteiger charge is 2.22. The van der Waals surface area contributed by atoms with Crippen molar-refractivity contribution >= 4 is 19.8 Å². The Bertz CT molecular complexity index is 900. The van der Waals surface area contributed by atoms with E-state index in [-0.39, 0.29) is 19.4 Å². The predicted molar refractivity (Wildman–Crippen MR) is 179 cm³/mol. The summed E-state index contributed by atoms with van der Waals surface area (Å²) < 4.78 is 26.1. The van der Waals surface area contributed by atoms with E-state index in [0.717, 1.165) is 51.4 Å². The Morgan fingerprint density at radius 2 is 1.23 bits per heavy atom. The van der Waals surface area contributed by atoms with E-state index >= 15 is 0 Å². The summed E-state index contributed by atoms with van der Waals surface area (Å²) in [4.78, 5) is 42.5. The third-order valence-corrected chi connectivity index (χ3v) is 7.08. The van der Waals surface area contributed by atoms with Gasteiger partial charge >= 0.3 is 19.8 Å². The first kappa shape index (κ1) is 41.8. The fourth-order valence-electron chi connectivity index (χ4n) is 4.13. The van der Waals surface area contributed by atoms with Crippen LogP contribution in [0.25, 0.3) is 0 Å². The monoisotopic (exact) mass is 638 g/mol. The molecule has 2 N–H and O–H groups in total. The van der Waals surface area contributed by atoms with E-state index in [2.05, 4.69) is 48.8 Å². The van der Waals surface area contributed by atoms with Gasteiger partial charge in [-0.3, -0.25) is 14.1 Å². The second-order valence-electron chi connectivity index (χ2n) is 10.8. The molecule has 9 heteroatoms. The number of carbonyl (C=O) groups is 2. The molecule has 0 amide bonds. The lowest BCUT2D eigenvalue weighted by molar-refractivity contribution is -0.161. The molecule has 0 fully saturated rings. The van der Waals surface area contributed by atoms with Gasteiger partial charge in [0.25, 0.3) is 0 Å². The lowest BCUT2D eigenvalue weighted by Gasteiger charge is -2.18. The molecule has 1 unspecified atom stereocenters. The SMILES string of the molecule is CC/C=C/C=C/C=C/CCCCCCCC(=O)OCC(COP(=O)(O)O)OC(=O)CC/C=C/C/C=C/CCCCCCCC. The van der Waals surface area contributed by atoms with Gasteiger partial charge in [-0.1, -0.05) is 126 Å². The van der Waals surface area contributed by atoms with Crippen LogP contribution in [-0.2, 0) is 28.2 Å². The summed E-state index contributed by atoms with van der Waals surface area (Å²) in [6, 6.07) is 0. The maximum Gasteiger partial charge on any atom is 0.469 e. The Morgan fingerprint density at radius 3 is 1.89 bits per heavy atom. The highest BCUT2D eigenvalue weighted by atomic mass is 31.2. The maximum atomic E-state index is 12.3. The number of hydrogen-bond donors (Lipinski definition) is 2. The van der Waals surface area contributed by atoms with Gasteiger partial charge in [-0.15, -0.1) is 0 Å². The lowest BCUT2D eigenvalue weighted by atomic mass is 10.1. The molecule has 0 saturated carbocycles. The van der Waals surface area contributed by atoms with Gasteiger partial charge in [-0.2, -0.15) is 0 Å². The highest BCUT2D eigenvalue weighted by molar-refractivity contribution is 7.46. The molecule has 0 spiro atoms. The number of ether oxygens (including phenoxy) is 2. The number of rotatable bonds is 29. The van der Waals surface area contributed by atoms with Crippen molar-refractivity contribution in [2.24, 2.45) is 0 Å². The lowest BCUT2D eigenvalue weighted by Crippen LogP contribution is -2.29. The normalized spacial score (nSPS) is 13.3. The summed E-state index contributed by atoms with van der Waals surface area (Å²) >= 11 is 0. The van der Waals surface area contributed by atoms with Crippen LogP contribution < -0.4 is 0 Å². The zero-order valence-corrected chi connectivity index (χ0v) is 28.2. The minimum absolute atomic E-state index is 0.0983. The third-order valence-electron chi connectivity index (χ3n) is 6.59. The van der Waals surface area contributed by atoms with Gasteiger partial charge in [0, 0.05) is 12.8 Å². The Morgan fingerprint density at radius 1 is 0.636 bits per heavy atom. The number of carbonyl (C=O) groups excluding carboxylic acids is 2. The summed E-state index contributed by atoms with van der Waals surface area (Å²) in [5, 5.41) is 0. The van der Waals surface area contributed by atoms with Crippen LogP contribution in [0.5, 0.6) is 0 Å². The standard InChI is InChI=1S/C35H59O8P/c1-3-5-7-9-11-13-15-17-19-21-23-25-27-29-34(36)41-31-33(32-42-44(38,39)40)43-35(37)30-28-26-24-22-20-18-16-14-12-10-8-6-4-2/h5,7,9,11,13,15,18,20,24,26,33H,3-4,6,8,10,12,14,16-17,19,21-23,25,27-32H2,1-2H3,(H2,38,39,40)/b7-5+,11-9+,15-13+,20-18+,26-24+. The highest BCUT2D eigenvalue weighted by Crippen LogP contribution is 2.35. The first-order chi connectivity index (χ1) is 21.3. The van der Waals surface area contributed by atoms with E-state index in [9.17, 15) is 14.2 Å². The molecule has 0 radical (unpaired) electrons. The summed E-state index contributed by atoms with van der Waals surface area (Å²) in [5.74, 6) is -0.996. The molecule has 0 aromatic rings. The quantitative estimate of drug-likeness (QED) is 0.0273. The summed E-state index contributed by atoms with van der Waals surface area (Å²) in [6.07, 6.45) is 36.7. The summed E-state index contributed by atoms with van der Waals surface area (Å²) in [7, 11) is -4.76. The molecule has 0 aliphatic carbocycles. The Hall–Kier alpha value is -2.25. The zero-order chi connectivity index (χ0) is 32.6. The van der Waals surface area contributed by atoms with Gasteiger partial charge in [0.2, 0.25) is 0 Å². The van der Waals surface area contributed by atoms with Crippen molar-refractivity contribution in [2.75, 3.05) is 13.2 Å². The smallest absolute Gasteiger partial charge is 0.462 e. The summed E-state index contributed by atoms with van der Waals surface area (Å²) in [6.45, 7) is 3.44. The van der Waals surface area contributed by atoms with Crippen LogP contribution in [0.1, 0.15) is 129 Å². The number of esters is 2. The van der Waals surface area contributed by atoms with Crippen molar-refractivity contribution in [3.63, 3.8) is 0 Å². The second-order valence-corrected chi connectivity index (χ2v) is 12.1. The Labute approximate surface area is 267 Å². The third kappa shape index (κ3) is 32.7. The van der Waals surface area contributed by atoms with Gasteiger partial charge in [0.15, 0.2) is 6.10 Å². The van der Waals surface area contributed by atoms with Crippen LogP contribution in [0.4, 0.5) is 0 Å². The van der Waals surface area contributed by atoms with Gasteiger partial charge < -0.3 is 19.3 Å². The average molecular weight is 639 g/mol. The van der Waals surface area contributed by atoms with Crippen molar-refractivity contribution in [3.8, 4) is 0 Å².